The van der Waals surface area contributed by atoms with E-state index in [9.17, 15) is 0 Å². The van der Waals surface area contributed by atoms with Gasteiger partial charge in [0, 0.05) is 44.1 Å². The van der Waals surface area contributed by atoms with Gasteiger partial charge in [-0.2, -0.15) is 18.8 Å². The van der Waals surface area contributed by atoms with E-state index in [1.54, 1.807) is 0 Å². The largest absolute Gasteiger partial charge is 0.521 e. The fourth-order valence-electron chi connectivity index (χ4n) is 4.55. The van der Waals surface area contributed by atoms with Crippen LogP contribution in [-0.4, -0.2) is 26.3 Å². The van der Waals surface area contributed by atoms with Crippen molar-refractivity contribution in [2.75, 3.05) is 11.9 Å². The summed E-state index contributed by atoms with van der Waals surface area (Å²) in [6.07, 6.45) is 5.88. The van der Waals surface area contributed by atoms with Crippen molar-refractivity contribution in [3.63, 3.8) is 0 Å². The Morgan fingerprint density at radius 1 is 0.947 bits per heavy atom. The van der Waals surface area contributed by atoms with Gasteiger partial charge in [0.1, 0.15) is 0 Å². The summed E-state index contributed by atoms with van der Waals surface area (Å²) in [7, 11) is 1.99. The molecule has 7 heteroatoms. The second-order valence-electron chi connectivity index (χ2n) is 11.3. The van der Waals surface area contributed by atoms with Crippen molar-refractivity contribution < 1.29 is 25.8 Å². The molecule has 3 aromatic heterocycles. The molecule has 1 aliphatic rings. The zero-order chi connectivity index (χ0) is 26.5. The molecule has 6 nitrogen and oxygen atoms in total. The molecule has 0 aliphatic carbocycles. The average Bonchev–Trinajstić information content (AvgIpc) is 3.41. The standard InChI is InChI=1S/C31H34N5O.Pt/c1-21-22(2)36-28(31(6,7)27-16-23(12-13-32-27)30(3,4)5)18-26(19-29(36)33-21)37-25-11-9-10-24(17-25)35-15-14-34(8)20-35;/h9-16,19-20H,1-8H3;/q-3;. The monoisotopic (exact) mass is 687 g/mol. The number of pyridine rings is 2. The van der Waals surface area contributed by atoms with Crippen molar-refractivity contribution in [1.29, 1.82) is 0 Å². The van der Waals surface area contributed by atoms with E-state index in [0.29, 0.717) is 11.5 Å². The SMILES string of the molecule is Cc1nc2cc(Oc3[c-]c(N4C=CN(C)[CH-]4)ccc3)[c-]c(C(C)(C)c3cc(C(C)(C)C)ccn3)n2c1C.[Pt]. The van der Waals surface area contributed by atoms with E-state index < -0.39 is 5.41 Å². The van der Waals surface area contributed by atoms with Crippen LogP contribution in [0, 0.1) is 32.6 Å². The van der Waals surface area contributed by atoms with E-state index in [0.717, 1.165) is 34.1 Å². The van der Waals surface area contributed by atoms with E-state index in [1.165, 1.54) is 5.56 Å². The molecule has 1 aromatic carbocycles. The first-order chi connectivity index (χ1) is 17.4. The van der Waals surface area contributed by atoms with Crippen LogP contribution in [0.3, 0.4) is 0 Å². The van der Waals surface area contributed by atoms with E-state index in [2.05, 4.69) is 70.2 Å². The van der Waals surface area contributed by atoms with E-state index in [-0.39, 0.29) is 26.5 Å². The molecule has 0 unspecified atom stereocenters. The Bertz CT molecular complexity index is 1500. The van der Waals surface area contributed by atoms with Gasteiger partial charge in [-0.1, -0.05) is 40.3 Å². The third kappa shape index (κ3) is 5.24. The molecule has 0 saturated carbocycles. The normalized spacial score (nSPS) is 13.8. The molecule has 1 aliphatic heterocycles. The summed E-state index contributed by atoms with van der Waals surface area (Å²) in [4.78, 5) is 13.6. The van der Waals surface area contributed by atoms with Gasteiger partial charge >= 0.3 is 0 Å². The van der Waals surface area contributed by atoms with Gasteiger partial charge in [-0.25, -0.2) is 0 Å². The molecule has 0 atom stereocenters. The van der Waals surface area contributed by atoms with Crippen LogP contribution in [0.5, 0.6) is 11.5 Å². The number of ether oxygens (including phenoxy) is 1. The average molecular weight is 688 g/mol. The summed E-state index contributed by atoms with van der Waals surface area (Å²) >= 11 is 0. The van der Waals surface area contributed by atoms with E-state index in [4.69, 9.17) is 14.7 Å². The summed E-state index contributed by atoms with van der Waals surface area (Å²) < 4.78 is 8.52. The van der Waals surface area contributed by atoms with Crippen molar-refractivity contribution in [2.24, 2.45) is 0 Å². The number of aryl methyl sites for hydroxylation is 2. The van der Waals surface area contributed by atoms with Gasteiger partial charge in [0.25, 0.3) is 0 Å². The fraction of sp³-hybridized carbons (Fsp3) is 0.323. The van der Waals surface area contributed by atoms with Crippen LogP contribution in [0.4, 0.5) is 5.69 Å². The van der Waals surface area contributed by atoms with Gasteiger partial charge in [-0.15, -0.1) is 30.0 Å². The molecule has 38 heavy (non-hydrogen) atoms. The minimum Gasteiger partial charge on any atom is -0.521 e. The number of fused-ring (bicyclic) bond motifs is 1. The van der Waals surface area contributed by atoms with Crippen LogP contribution in [-0.2, 0) is 31.9 Å². The summed E-state index contributed by atoms with van der Waals surface area (Å²) in [6, 6.07) is 19.1. The Labute approximate surface area is 240 Å². The molecule has 0 fully saturated rings. The molecule has 0 saturated heterocycles. The Kier molecular flexibility index (Phi) is 7.51. The third-order valence-electron chi connectivity index (χ3n) is 6.97. The van der Waals surface area contributed by atoms with Crippen LogP contribution in [0.2, 0.25) is 0 Å². The maximum atomic E-state index is 6.35. The van der Waals surface area contributed by atoms with Crippen molar-refractivity contribution in [1.82, 2.24) is 19.3 Å². The molecule has 4 heterocycles. The number of rotatable bonds is 5. The van der Waals surface area contributed by atoms with Crippen LogP contribution in [0.15, 0.2) is 55.0 Å². The van der Waals surface area contributed by atoms with Gasteiger partial charge in [-0.3, -0.25) is 9.97 Å². The van der Waals surface area contributed by atoms with Gasteiger partial charge in [-0.05, 0) is 62.2 Å². The first-order valence-electron chi connectivity index (χ1n) is 12.6. The minimum atomic E-state index is -0.456. The smallest absolute Gasteiger partial charge is 0.0573 e. The van der Waals surface area contributed by atoms with Crippen molar-refractivity contribution in [3.05, 3.63) is 102 Å². The number of anilines is 1. The summed E-state index contributed by atoms with van der Waals surface area (Å²) in [5.41, 5.74) is 6.54. The van der Waals surface area contributed by atoms with Crippen molar-refractivity contribution >= 4 is 11.3 Å². The van der Waals surface area contributed by atoms with E-state index in [1.807, 2.05) is 73.3 Å². The maximum absolute atomic E-state index is 6.35. The molecule has 0 N–H and O–H groups in total. The topological polar surface area (TPSA) is 45.9 Å². The van der Waals surface area contributed by atoms with Gasteiger partial charge in [0.05, 0.1) is 17.0 Å². The molecule has 0 radical (unpaired) electrons. The number of nitrogens with zero attached hydrogens (tertiary/aromatic N) is 5. The van der Waals surface area contributed by atoms with Gasteiger partial charge in [0.2, 0.25) is 0 Å². The first-order valence-corrected chi connectivity index (χ1v) is 12.6. The fourth-order valence-corrected chi connectivity index (χ4v) is 4.55. The predicted octanol–water partition coefficient (Wildman–Crippen LogP) is 6.70. The molecule has 0 spiro atoms. The van der Waals surface area contributed by atoms with Gasteiger partial charge in [0.15, 0.2) is 0 Å². The summed E-state index contributed by atoms with van der Waals surface area (Å²) in [6.45, 7) is 17.2. The van der Waals surface area contributed by atoms with Crippen LogP contribution < -0.4 is 9.64 Å². The summed E-state index contributed by atoms with van der Waals surface area (Å²) in [5.74, 6) is 1.21. The molecule has 0 amide bonds. The predicted molar refractivity (Wildman–Crippen MR) is 148 cm³/mol. The molecular formula is C31H34N5OPt-3. The zero-order valence-corrected chi connectivity index (χ0v) is 25.5. The molecular weight excluding hydrogens is 653 g/mol. The minimum absolute atomic E-state index is 0. The quantitative estimate of drug-likeness (QED) is 0.219. The number of imidazole rings is 1. The molecule has 4 aromatic rings. The number of hydrogen-bond donors (Lipinski definition) is 0. The van der Waals surface area contributed by atoms with Crippen molar-refractivity contribution in [2.45, 2.75) is 59.3 Å². The van der Waals surface area contributed by atoms with Crippen LogP contribution >= 0.6 is 0 Å². The zero-order valence-electron chi connectivity index (χ0n) is 23.2. The van der Waals surface area contributed by atoms with Crippen LogP contribution in [0.25, 0.3) is 5.65 Å². The summed E-state index contributed by atoms with van der Waals surface area (Å²) in [5, 5.41) is 0. The number of aromatic nitrogens is 3. The second-order valence-corrected chi connectivity index (χ2v) is 11.3. The third-order valence-corrected chi connectivity index (χ3v) is 6.97. The van der Waals surface area contributed by atoms with E-state index >= 15 is 0 Å². The Hall–Kier alpha value is -3.11. The molecule has 202 valence electrons. The molecule has 0 bridgehead atoms. The van der Waals surface area contributed by atoms with Crippen LogP contribution in [0.1, 0.15) is 63.0 Å². The Morgan fingerprint density at radius 3 is 2.39 bits per heavy atom. The second kappa shape index (κ2) is 10.2. The van der Waals surface area contributed by atoms with Crippen molar-refractivity contribution in [3.8, 4) is 11.5 Å². The number of hydrogen-bond acceptors (Lipinski definition) is 5. The Balaban J connectivity index is 0.00000336. The molecule has 5 rings (SSSR count). The maximum Gasteiger partial charge on any atom is 0.0573 e. The van der Waals surface area contributed by atoms with Gasteiger partial charge < -0.3 is 18.9 Å². The Morgan fingerprint density at radius 2 is 1.71 bits per heavy atom. The number of benzene rings is 1. The first kappa shape index (κ1) is 27.9.